The second-order valence-corrected chi connectivity index (χ2v) is 7.56. The summed E-state index contributed by atoms with van der Waals surface area (Å²) in [6, 6.07) is 11.6. The molecule has 2 heterocycles. The van der Waals surface area contributed by atoms with Crippen molar-refractivity contribution in [2.45, 2.75) is 19.6 Å². The fraction of sp³-hybridized carbons (Fsp3) is 0.227. The SMILES string of the molecule is COc1ccc(-c2nc(COC(=O)[C@H](C)n3c(=O)oc4ccccc43)cs2)cc1OC. The summed E-state index contributed by atoms with van der Waals surface area (Å²) in [5, 5.41) is 2.58. The van der Waals surface area contributed by atoms with E-state index in [0.717, 1.165) is 10.6 Å². The van der Waals surface area contributed by atoms with Crippen molar-refractivity contribution >= 4 is 28.4 Å². The molecule has 0 aliphatic carbocycles. The highest BCUT2D eigenvalue weighted by atomic mass is 32.1. The molecule has 0 N–H and O–H groups in total. The van der Waals surface area contributed by atoms with E-state index in [-0.39, 0.29) is 6.61 Å². The molecule has 0 bridgehead atoms. The van der Waals surface area contributed by atoms with Crippen LogP contribution >= 0.6 is 11.3 Å². The lowest BCUT2D eigenvalue weighted by Gasteiger charge is -2.11. The zero-order valence-electron chi connectivity index (χ0n) is 17.2. The first kappa shape index (κ1) is 20.7. The fourth-order valence-corrected chi connectivity index (χ4v) is 4.00. The monoisotopic (exact) mass is 440 g/mol. The number of nitrogens with zero attached hydrogens (tertiary/aromatic N) is 2. The van der Waals surface area contributed by atoms with E-state index in [1.165, 1.54) is 15.9 Å². The average molecular weight is 440 g/mol. The van der Waals surface area contributed by atoms with Gasteiger partial charge in [-0.05, 0) is 37.3 Å². The van der Waals surface area contributed by atoms with Crippen LogP contribution in [0.25, 0.3) is 21.7 Å². The van der Waals surface area contributed by atoms with Crippen LogP contribution in [0.2, 0.25) is 0 Å². The van der Waals surface area contributed by atoms with E-state index in [2.05, 4.69) is 4.98 Å². The highest BCUT2D eigenvalue weighted by Crippen LogP contribution is 2.33. The number of benzene rings is 2. The van der Waals surface area contributed by atoms with Crippen molar-refractivity contribution in [2.75, 3.05) is 14.2 Å². The predicted octanol–water partition coefficient (Wildman–Crippen LogP) is 4.04. The maximum Gasteiger partial charge on any atom is 0.420 e. The van der Waals surface area contributed by atoms with Gasteiger partial charge in [-0.15, -0.1) is 11.3 Å². The smallest absolute Gasteiger partial charge is 0.420 e. The lowest BCUT2D eigenvalue weighted by atomic mass is 10.2. The summed E-state index contributed by atoms with van der Waals surface area (Å²) in [5.41, 5.74) is 2.44. The van der Waals surface area contributed by atoms with Crippen LogP contribution in [-0.2, 0) is 16.1 Å². The fourth-order valence-electron chi connectivity index (χ4n) is 3.20. The standard InChI is InChI=1S/C22H20N2O6S/c1-13(24-16-6-4-5-7-17(16)30-22(24)26)21(25)29-11-15-12-31-20(23-15)14-8-9-18(27-2)19(10-14)28-3/h4-10,12-13H,11H2,1-3H3/t13-/m0/s1. The van der Waals surface area contributed by atoms with Crippen molar-refractivity contribution in [3.05, 3.63) is 64.1 Å². The lowest BCUT2D eigenvalue weighted by Crippen LogP contribution is -2.26. The Morgan fingerprint density at radius 3 is 2.71 bits per heavy atom. The highest BCUT2D eigenvalue weighted by Gasteiger charge is 2.23. The van der Waals surface area contributed by atoms with E-state index in [4.69, 9.17) is 18.6 Å². The molecule has 0 aliphatic rings. The first-order valence-electron chi connectivity index (χ1n) is 9.45. The Morgan fingerprint density at radius 2 is 1.94 bits per heavy atom. The molecule has 1 atom stereocenters. The van der Waals surface area contributed by atoms with Crippen molar-refractivity contribution in [2.24, 2.45) is 0 Å². The Bertz CT molecular complexity index is 1290. The summed E-state index contributed by atoms with van der Waals surface area (Å²) < 4.78 is 22.5. The molecular formula is C22H20N2O6S. The van der Waals surface area contributed by atoms with Gasteiger partial charge in [0.2, 0.25) is 0 Å². The van der Waals surface area contributed by atoms with Gasteiger partial charge in [-0.2, -0.15) is 0 Å². The maximum atomic E-state index is 12.6. The van der Waals surface area contributed by atoms with Crippen LogP contribution in [0.1, 0.15) is 18.7 Å². The highest BCUT2D eigenvalue weighted by molar-refractivity contribution is 7.13. The summed E-state index contributed by atoms with van der Waals surface area (Å²) in [6.45, 7) is 1.60. The average Bonchev–Trinajstić information content (AvgIpc) is 3.40. The van der Waals surface area contributed by atoms with E-state index in [1.807, 2.05) is 23.6 Å². The third-order valence-corrected chi connectivity index (χ3v) is 5.73. The number of rotatable bonds is 7. The number of oxazole rings is 1. The molecule has 0 radical (unpaired) electrons. The van der Waals surface area contributed by atoms with Crippen LogP contribution < -0.4 is 15.2 Å². The number of carbonyl (C=O) groups excluding carboxylic acids is 1. The molecular weight excluding hydrogens is 420 g/mol. The molecule has 4 aromatic rings. The quantitative estimate of drug-likeness (QED) is 0.401. The molecule has 31 heavy (non-hydrogen) atoms. The van der Waals surface area contributed by atoms with Crippen LogP contribution in [0.5, 0.6) is 11.5 Å². The molecule has 9 heteroatoms. The summed E-state index contributed by atoms with van der Waals surface area (Å²) >= 11 is 1.43. The molecule has 0 saturated heterocycles. The van der Waals surface area contributed by atoms with E-state index >= 15 is 0 Å². The number of thiazole rings is 1. The molecule has 0 saturated carbocycles. The van der Waals surface area contributed by atoms with Gasteiger partial charge in [-0.1, -0.05) is 12.1 Å². The van der Waals surface area contributed by atoms with Gasteiger partial charge in [0.25, 0.3) is 0 Å². The third kappa shape index (κ3) is 4.04. The number of hydrogen-bond acceptors (Lipinski definition) is 8. The van der Waals surface area contributed by atoms with Crippen LogP contribution in [-0.4, -0.2) is 29.7 Å². The lowest BCUT2D eigenvalue weighted by molar-refractivity contribution is -0.148. The van der Waals surface area contributed by atoms with E-state index in [9.17, 15) is 9.59 Å². The van der Waals surface area contributed by atoms with Gasteiger partial charge >= 0.3 is 11.7 Å². The maximum absolute atomic E-state index is 12.6. The van der Waals surface area contributed by atoms with Gasteiger partial charge < -0.3 is 18.6 Å². The zero-order chi connectivity index (χ0) is 22.0. The zero-order valence-corrected chi connectivity index (χ0v) is 18.0. The second kappa shape index (κ2) is 8.65. The molecule has 8 nitrogen and oxygen atoms in total. The number of ether oxygens (including phenoxy) is 3. The van der Waals surface area contributed by atoms with Crippen LogP contribution in [0, 0.1) is 0 Å². The van der Waals surface area contributed by atoms with Crippen LogP contribution in [0.4, 0.5) is 0 Å². The molecule has 0 fully saturated rings. The Hall–Kier alpha value is -3.59. The van der Waals surface area contributed by atoms with Gasteiger partial charge in [-0.25, -0.2) is 14.6 Å². The number of hydrogen-bond donors (Lipinski definition) is 0. The van der Waals surface area contributed by atoms with Crippen molar-refractivity contribution < 1.29 is 23.4 Å². The Morgan fingerprint density at radius 1 is 1.16 bits per heavy atom. The van der Waals surface area contributed by atoms with E-state index in [0.29, 0.717) is 28.3 Å². The predicted molar refractivity (Wildman–Crippen MR) is 116 cm³/mol. The Labute approximate surface area is 181 Å². The molecule has 2 aromatic carbocycles. The van der Waals surface area contributed by atoms with Crippen LogP contribution in [0.3, 0.4) is 0 Å². The minimum absolute atomic E-state index is 0.00248. The topological polar surface area (TPSA) is 92.8 Å². The summed E-state index contributed by atoms with van der Waals surface area (Å²) in [5.74, 6) is 0.0899. The number of para-hydroxylation sites is 2. The number of carbonyl (C=O) groups is 1. The van der Waals surface area contributed by atoms with Crippen molar-refractivity contribution in [1.29, 1.82) is 0 Å². The van der Waals surface area contributed by atoms with Crippen LogP contribution in [0.15, 0.2) is 57.1 Å². The van der Waals surface area contributed by atoms with Crippen molar-refractivity contribution in [1.82, 2.24) is 9.55 Å². The molecule has 0 unspecified atom stereocenters. The van der Waals surface area contributed by atoms with Crippen molar-refractivity contribution in [3.63, 3.8) is 0 Å². The Kier molecular flexibility index (Phi) is 5.77. The summed E-state index contributed by atoms with van der Waals surface area (Å²) in [4.78, 5) is 29.3. The molecule has 160 valence electrons. The number of methoxy groups -OCH3 is 2. The van der Waals surface area contributed by atoms with Gasteiger partial charge in [0.05, 0.1) is 25.4 Å². The summed E-state index contributed by atoms with van der Waals surface area (Å²) in [6.07, 6.45) is 0. The molecule has 0 amide bonds. The molecule has 2 aromatic heterocycles. The minimum atomic E-state index is -0.833. The summed E-state index contributed by atoms with van der Waals surface area (Å²) in [7, 11) is 3.15. The molecule has 0 spiro atoms. The molecule has 4 rings (SSSR count). The largest absolute Gasteiger partial charge is 0.493 e. The van der Waals surface area contributed by atoms with Gasteiger partial charge in [0.1, 0.15) is 17.7 Å². The van der Waals surface area contributed by atoms with E-state index in [1.54, 1.807) is 45.4 Å². The van der Waals surface area contributed by atoms with Crippen molar-refractivity contribution in [3.8, 4) is 22.1 Å². The molecule has 0 aliphatic heterocycles. The first-order valence-corrected chi connectivity index (χ1v) is 10.3. The normalized spacial score (nSPS) is 12.0. The third-order valence-electron chi connectivity index (χ3n) is 4.79. The first-order chi connectivity index (χ1) is 15.0. The van der Waals surface area contributed by atoms with Gasteiger partial charge in [-0.3, -0.25) is 4.57 Å². The van der Waals surface area contributed by atoms with Gasteiger partial charge in [0.15, 0.2) is 17.1 Å². The number of esters is 1. The van der Waals surface area contributed by atoms with Gasteiger partial charge in [0, 0.05) is 10.9 Å². The number of aromatic nitrogens is 2. The minimum Gasteiger partial charge on any atom is -0.493 e. The van der Waals surface area contributed by atoms with E-state index < -0.39 is 17.8 Å². The Balaban J connectivity index is 1.46. The second-order valence-electron chi connectivity index (χ2n) is 6.70. The number of fused-ring (bicyclic) bond motifs is 1.